The van der Waals surface area contributed by atoms with Crippen molar-refractivity contribution < 1.29 is 13.2 Å². The number of nitrogens with zero attached hydrogens (tertiary/aromatic N) is 3. The number of aromatic nitrogens is 4. The standard InChI is InChI=1S/C18H19F3N6/c19-18(20,21)13-3-4-14(24-10-11-5-8-22-9-6-11)25-16(13)15-12-2-1-7-23-17(12)27-26-15/h1-4,7,11,22H,5-6,8-10H2,(H,24,25)(H,23,26,27). The van der Waals surface area contributed by atoms with Gasteiger partial charge < -0.3 is 10.6 Å². The Morgan fingerprint density at radius 1 is 1.11 bits per heavy atom. The number of alkyl halides is 3. The van der Waals surface area contributed by atoms with Gasteiger partial charge in [0.2, 0.25) is 0 Å². The van der Waals surface area contributed by atoms with Crippen LogP contribution in [0.2, 0.25) is 0 Å². The summed E-state index contributed by atoms with van der Waals surface area (Å²) in [7, 11) is 0. The molecule has 0 amide bonds. The van der Waals surface area contributed by atoms with E-state index < -0.39 is 11.7 Å². The third-order valence-electron chi connectivity index (χ3n) is 4.79. The van der Waals surface area contributed by atoms with Crippen molar-refractivity contribution in [3.05, 3.63) is 36.0 Å². The molecule has 0 unspecified atom stereocenters. The molecule has 1 saturated heterocycles. The summed E-state index contributed by atoms with van der Waals surface area (Å²) in [6.45, 7) is 2.61. The van der Waals surface area contributed by atoms with E-state index in [2.05, 4.69) is 30.8 Å². The Hall–Kier alpha value is -2.68. The van der Waals surface area contributed by atoms with Crippen LogP contribution in [-0.2, 0) is 6.18 Å². The summed E-state index contributed by atoms with van der Waals surface area (Å²) in [6, 6.07) is 5.77. The molecule has 0 aliphatic carbocycles. The average Bonchev–Trinajstić information content (AvgIpc) is 3.10. The van der Waals surface area contributed by atoms with Gasteiger partial charge in [-0.1, -0.05) is 0 Å². The number of pyridine rings is 2. The first-order chi connectivity index (χ1) is 13.0. The van der Waals surface area contributed by atoms with E-state index in [1.165, 1.54) is 6.07 Å². The lowest BCUT2D eigenvalue weighted by molar-refractivity contribution is -0.137. The molecule has 0 aromatic carbocycles. The van der Waals surface area contributed by atoms with Crippen molar-refractivity contribution in [2.24, 2.45) is 5.92 Å². The van der Waals surface area contributed by atoms with Crippen LogP contribution in [0.1, 0.15) is 18.4 Å². The molecule has 142 valence electrons. The van der Waals surface area contributed by atoms with Gasteiger partial charge in [0.05, 0.1) is 5.56 Å². The molecule has 4 rings (SSSR count). The number of halogens is 3. The second kappa shape index (κ2) is 7.15. The van der Waals surface area contributed by atoms with Gasteiger partial charge in [0.1, 0.15) is 17.2 Å². The number of aromatic amines is 1. The Labute approximate surface area is 153 Å². The van der Waals surface area contributed by atoms with E-state index >= 15 is 0 Å². The highest BCUT2D eigenvalue weighted by Crippen LogP contribution is 2.38. The maximum Gasteiger partial charge on any atom is 0.418 e. The molecule has 1 aliphatic rings. The maximum absolute atomic E-state index is 13.5. The first kappa shape index (κ1) is 17.7. The molecular formula is C18H19F3N6. The zero-order valence-electron chi connectivity index (χ0n) is 14.5. The monoisotopic (exact) mass is 376 g/mol. The van der Waals surface area contributed by atoms with Crippen LogP contribution in [0, 0.1) is 5.92 Å². The molecule has 0 radical (unpaired) electrons. The maximum atomic E-state index is 13.5. The minimum Gasteiger partial charge on any atom is -0.370 e. The third kappa shape index (κ3) is 3.73. The molecule has 0 saturated carbocycles. The van der Waals surface area contributed by atoms with Crippen LogP contribution in [0.15, 0.2) is 30.5 Å². The molecule has 9 heteroatoms. The Bertz CT molecular complexity index is 930. The molecule has 3 N–H and O–H groups in total. The van der Waals surface area contributed by atoms with Gasteiger partial charge in [-0.25, -0.2) is 9.97 Å². The van der Waals surface area contributed by atoms with Crippen molar-refractivity contribution in [2.75, 3.05) is 25.0 Å². The van der Waals surface area contributed by atoms with E-state index in [0.717, 1.165) is 32.0 Å². The lowest BCUT2D eigenvalue weighted by Crippen LogP contribution is -2.31. The van der Waals surface area contributed by atoms with Crippen LogP contribution in [-0.4, -0.2) is 39.8 Å². The molecule has 6 nitrogen and oxygen atoms in total. The van der Waals surface area contributed by atoms with E-state index in [4.69, 9.17) is 0 Å². The van der Waals surface area contributed by atoms with Gasteiger partial charge in [-0.3, -0.25) is 5.10 Å². The molecule has 1 fully saturated rings. The third-order valence-corrected chi connectivity index (χ3v) is 4.79. The minimum absolute atomic E-state index is 0.149. The molecule has 0 bridgehead atoms. The summed E-state index contributed by atoms with van der Waals surface area (Å²) in [4.78, 5) is 8.35. The zero-order valence-corrected chi connectivity index (χ0v) is 14.5. The molecular weight excluding hydrogens is 357 g/mol. The molecule has 0 atom stereocenters. The first-order valence-electron chi connectivity index (χ1n) is 8.84. The van der Waals surface area contributed by atoms with Gasteiger partial charge >= 0.3 is 6.18 Å². The Morgan fingerprint density at radius 2 is 1.93 bits per heavy atom. The SMILES string of the molecule is FC(F)(F)c1ccc(NCC2CCNCC2)nc1-c1n[nH]c2ncccc12. The summed E-state index contributed by atoms with van der Waals surface area (Å²) >= 11 is 0. The van der Waals surface area contributed by atoms with Crippen LogP contribution in [0.5, 0.6) is 0 Å². The van der Waals surface area contributed by atoms with E-state index in [0.29, 0.717) is 29.3 Å². The summed E-state index contributed by atoms with van der Waals surface area (Å²) in [5.74, 6) is 0.894. The Balaban J connectivity index is 1.69. The fraction of sp³-hybridized carbons (Fsp3) is 0.389. The van der Waals surface area contributed by atoms with Crippen molar-refractivity contribution in [1.29, 1.82) is 0 Å². The molecule has 1 aliphatic heterocycles. The predicted octanol–water partition coefficient (Wildman–Crippen LogP) is 3.45. The van der Waals surface area contributed by atoms with Crippen molar-refractivity contribution in [1.82, 2.24) is 25.5 Å². The highest BCUT2D eigenvalue weighted by molar-refractivity contribution is 5.90. The highest BCUT2D eigenvalue weighted by atomic mass is 19.4. The van der Waals surface area contributed by atoms with Gasteiger partial charge in [0.25, 0.3) is 0 Å². The number of anilines is 1. The second-order valence-electron chi connectivity index (χ2n) is 6.64. The molecule has 4 heterocycles. The summed E-state index contributed by atoms with van der Waals surface area (Å²) in [6.07, 6.45) is -0.894. The number of nitrogens with one attached hydrogen (secondary N) is 3. The van der Waals surface area contributed by atoms with Crippen LogP contribution in [0.3, 0.4) is 0 Å². The minimum atomic E-state index is -4.52. The predicted molar refractivity (Wildman–Crippen MR) is 96.2 cm³/mol. The smallest absolute Gasteiger partial charge is 0.370 e. The fourth-order valence-corrected chi connectivity index (χ4v) is 3.34. The van der Waals surface area contributed by atoms with E-state index in [9.17, 15) is 13.2 Å². The molecule has 3 aromatic rings. The molecule has 27 heavy (non-hydrogen) atoms. The Morgan fingerprint density at radius 3 is 2.70 bits per heavy atom. The van der Waals surface area contributed by atoms with Crippen molar-refractivity contribution in [2.45, 2.75) is 19.0 Å². The largest absolute Gasteiger partial charge is 0.418 e. The van der Waals surface area contributed by atoms with Crippen molar-refractivity contribution >= 4 is 16.9 Å². The van der Waals surface area contributed by atoms with Crippen LogP contribution in [0.25, 0.3) is 22.4 Å². The van der Waals surface area contributed by atoms with Gasteiger partial charge in [0.15, 0.2) is 5.65 Å². The van der Waals surface area contributed by atoms with Crippen LogP contribution < -0.4 is 10.6 Å². The number of hydrogen-bond donors (Lipinski definition) is 3. The first-order valence-corrected chi connectivity index (χ1v) is 8.84. The topological polar surface area (TPSA) is 78.5 Å². The zero-order chi connectivity index (χ0) is 18.9. The van der Waals surface area contributed by atoms with Crippen LogP contribution in [0.4, 0.5) is 19.0 Å². The van der Waals surface area contributed by atoms with Gasteiger partial charge in [0, 0.05) is 18.1 Å². The number of fused-ring (bicyclic) bond motifs is 1. The summed E-state index contributed by atoms with van der Waals surface area (Å²) in [5, 5.41) is 13.7. The van der Waals surface area contributed by atoms with Gasteiger partial charge in [-0.15, -0.1) is 0 Å². The van der Waals surface area contributed by atoms with Crippen molar-refractivity contribution in [3.8, 4) is 11.4 Å². The normalized spacial score (nSPS) is 16.0. The van der Waals surface area contributed by atoms with E-state index in [1.54, 1.807) is 18.3 Å². The quantitative estimate of drug-likeness (QED) is 0.650. The second-order valence-corrected chi connectivity index (χ2v) is 6.64. The van der Waals surface area contributed by atoms with E-state index in [1.807, 2.05) is 0 Å². The summed E-state index contributed by atoms with van der Waals surface area (Å²) < 4.78 is 40.6. The lowest BCUT2D eigenvalue weighted by atomic mass is 9.98. The number of piperidine rings is 1. The fourth-order valence-electron chi connectivity index (χ4n) is 3.34. The number of rotatable bonds is 4. The molecule has 0 spiro atoms. The van der Waals surface area contributed by atoms with Crippen LogP contribution >= 0.6 is 0 Å². The Kier molecular flexibility index (Phi) is 4.69. The number of H-pyrrole nitrogens is 1. The lowest BCUT2D eigenvalue weighted by Gasteiger charge is -2.23. The van der Waals surface area contributed by atoms with Gasteiger partial charge in [-0.05, 0) is 56.1 Å². The average molecular weight is 376 g/mol. The highest BCUT2D eigenvalue weighted by Gasteiger charge is 2.36. The van der Waals surface area contributed by atoms with Gasteiger partial charge in [-0.2, -0.15) is 18.3 Å². The summed E-state index contributed by atoms with van der Waals surface area (Å²) in [5.41, 5.74) is -0.435. The van der Waals surface area contributed by atoms with E-state index in [-0.39, 0.29) is 11.4 Å². The number of hydrogen-bond acceptors (Lipinski definition) is 5. The van der Waals surface area contributed by atoms with Crippen molar-refractivity contribution in [3.63, 3.8) is 0 Å². The molecule has 3 aromatic heterocycles.